The number of para-hydroxylation sites is 1. The van der Waals surface area contributed by atoms with Crippen molar-refractivity contribution in [3.63, 3.8) is 0 Å². The summed E-state index contributed by atoms with van der Waals surface area (Å²) in [6, 6.07) is 23.7. The summed E-state index contributed by atoms with van der Waals surface area (Å²) >= 11 is 0. The number of hydrogen-bond donors (Lipinski definition) is 1. The fraction of sp³-hybridized carbons (Fsp3) is 0.410. The maximum absolute atomic E-state index is 14.7. The number of piperidine rings is 1. The molecule has 246 valence electrons. The first kappa shape index (κ1) is 31.3. The van der Waals surface area contributed by atoms with Gasteiger partial charge in [-0.05, 0) is 85.2 Å². The SMILES string of the molecule is COCCCn1cc(CN(C(=O)[C@H]2CNCC[C@@H]2c2cccc3c2ccn3Cc2cc(OC)cc(OC)c2)C2CC2)c2ccccc21. The third kappa shape index (κ3) is 6.49. The van der Waals surface area contributed by atoms with Crippen molar-refractivity contribution in [1.29, 1.82) is 0 Å². The topological polar surface area (TPSA) is 69.9 Å². The first-order chi connectivity index (χ1) is 23.1. The number of carbonyl (C=O) groups is 1. The summed E-state index contributed by atoms with van der Waals surface area (Å²) in [5, 5.41) is 6.03. The maximum Gasteiger partial charge on any atom is 0.228 e. The van der Waals surface area contributed by atoms with Crippen LogP contribution in [-0.4, -0.2) is 67.0 Å². The van der Waals surface area contributed by atoms with E-state index in [4.69, 9.17) is 14.2 Å². The zero-order chi connectivity index (χ0) is 32.3. The molecule has 2 fully saturated rings. The number of benzene rings is 3. The van der Waals surface area contributed by atoms with Crippen LogP contribution < -0.4 is 14.8 Å². The Morgan fingerprint density at radius 2 is 1.66 bits per heavy atom. The summed E-state index contributed by atoms with van der Waals surface area (Å²) in [5.41, 5.74) is 6.01. The molecule has 3 aromatic carbocycles. The number of aryl methyl sites for hydroxylation is 1. The zero-order valence-electron chi connectivity index (χ0n) is 27.8. The molecule has 2 aromatic heterocycles. The Morgan fingerprint density at radius 3 is 2.43 bits per heavy atom. The van der Waals surface area contributed by atoms with E-state index in [1.165, 1.54) is 32.9 Å². The molecule has 1 aliphatic heterocycles. The standard InChI is InChI=1S/C39H46N4O4/c1-45-19-7-17-41-25-28(32-8-4-5-10-37(32)41)26-43(29-12-13-29)39(44)36-23-40-16-14-34(36)33-9-6-11-38-35(33)15-18-42(38)24-27-20-30(46-2)22-31(21-27)47-3/h4-6,8-11,15,18,20-22,25,29,34,36,40H,7,12-14,16-17,19,23-24,26H2,1-3H3/t34-,36+/m1/s1. The van der Waals surface area contributed by atoms with E-state index >= 15 is 0 Å². The Labute approximate surface area is 277 Å². The summed E-state index contributed by atoms with van der Waals surface area (Å²) in [7, 11) is 5.11. The Hall–Kier alpha value is -4.27. The average Bonchev–Trinajstić information content (AvgIpc) is 3.79. The van der Waals surface area contributed by atoms with Crippen LogP contribution in [0.4, 0.5) is 0 Å². The van der Waals surface area contributed by atoms with Crippen LogP contribution in [0, 0.1) is 5.92 Å². The number of aromatic nitrogens is 2. The van der Waals surface area contributed by atoms with E-state index < -0.39 is 0 Å². The van der Waals surface area contributed by atoms with Crippen LogP contribution in [-0.2, 0) is 29.2 Å². The Bertz CT molecular complexity index is 1830. The number of ether oxygens (including phenoxy) is 3. The van der Waals surface area contributed by atoms with Gasteiger partial charge in [0.25, 0.3) is 0 Å². The molecular formula is C39H46N4O4. The Kier molecular flexibility index (Phi) is 9.23. The predicted molar refractivity (Wildman–Crippen MR) is 186 cm³/mol. The molecule has 1 saturated carbocycles. The molecule has 3 heterocycles. The van der Waals surface area contributed by atoms with E-state index in [0.717, 1.165) is 62.4 Å². The normalized spacial score (nSPS) is 18.1. The molecule has 0 unspecified atom stereocenters. The minimum absolute atomic E-state index is 0.115. The number of nitrogens with one attached hydrogen (secondary N) is 1. The lowest BCUT2D eigenvalue weighted by atomic mass is 9.79. The van der Waals surface area contributed by atoms with Gasteiger partial charge in [-0.15, -0.1) is 0 Å². The molecule has 5 aromatic rings. The molecule has 0 spiro atoms. The highest BCUT2D eigenvalue weighted by atomic mass is 16.5. The lowest BCUT2D eigenvalue weighted by molar-refractivity contribution is -0.138. The van der Waals surface area contributed by atoms with Crippen LogP contribution in [0.25, 0.3) is 21.8 Å². The second kappa shape index (κ2) is 13.8. The number of carbonyl (C=O) groups excluding carboxylic acids is 1. The van der Waals surface area contributed by atoms with E-state index in [2.05, 4.69) is 92.4 Å². The van der Waals surface area contributed by atoms with Gasteiger partial charge in [0, 0.05) is 86.2 Å². The molecule has 1 aliphatic carbocycles. The summed E-state index contributed by atoms with van der Waals surface area (Å²) in [6.45, 7) is 4.59. The second-order valence-electron chi connectivity index (χ2n) is 13.1. The highest BCUT2D eigenvalue weighted by Gasteiger charge is 2.41. The van der Waals surface area contributed by atoms with Crippen LogP contribution >= 0.6 is 0 Å². The van der Waals surface area contributed by atoms with Crippen molar-refractivity contribution in [2.24, 2.45) is 5.92 Å². The Balaban J connectivity index is 1.16. The van der Waals surface area contributed by atoms with Gasteiger partial charge in [0.05, 0.1) is 20.1 Å². The van der Waals surface area contributed by atoms with Crippen molar-refractivity contribution in [3.05, 3.63) is 95.8 Å². The van der Waals surface area contributed by atoms with E-state index in [9.17, 15) is 4.79 Å². The van der Waals surface area contributed by atoms with Crippen molar-refractivity contribution in [3.8, 4) is 11.5 Å². The maximum atomic E-state index is 14.7. The number of amides is 1. The number of hydrogen-bond acceptors (Lipinski definition) is 5. The molecule has 0 radical (unpaired) electrons. The van der Waals surface area contributed by atoms with Crippen LogP contribution in [0.3, 0.4) is 0 Å². The van der Waals surface area contributed by atoms with E-state index in [1.54, 1.807) is 21.3 Å². The summed E-state index contributed by atoms with van der Waals surface area (Å²) in [4.78, 5) is 16.9. The summed E-state index contributed by atoms with van der Waals surface area (Å²) in [6.07, 6.45) is 8.48. The molecule has 7 rings (SSSR count). The third-order valence-corrected chi connectivity index (χ3v) is 10.0. The quantitative estimate of drug-likeness (QED) is 0.148. The van der Waals surface area contributed by atoms with Gasteiger partial charge in [0.2, 0.25) is 5.91 Å². The van der Waals surface area contributed by atoms with Gasteiger partial charge in [-0.3, -0.25) is 4.79 Å². The van der Waals surface area contributed by atoms with Gasteiger partial charge in [0.1, 0.15) is 11.5 Å². The molecule has 8 heteroatoms. The molecular weight excluding hydrogens is 588 g/mol. The molecule has 1 N–H and O–H groups in total. The smallest absolute Gasteiger partial charge is 0.228 e. The average molecular weight is 635 g/mol. The second-order valence-corrected chi connectivity index (χ2v) is 13.1. The highest BCUT2D eigenvalue weighted by Crippen LogP contribution is 2.39. The van der Waals surface area contributed by atoms with Gasteiger partial charge in [0.15, 0.2) is 0 Å². The molecule has 47 heavy (non-hydrogen) atoms. The predicted octanol–water partition coefficient (Wildman–Crippen LogP) is 6.58. The fourth-order valence-electron chi connectivity index (χ4n) is 7.54. The third-order valence-electron chi connectivity index (χ3n) is 10.0. The minimum atomic E-state index is -0.115. The highest BCUT2D eigenvalue weighted by molar-refractivity contribution is 5.88. The molecule has 2 aliphatic rings. The number of nitrogens with zero attached hydrogens (tertiary/aromatic N) is 3. The number of methoxy groups -OCH3 is 3. The molecule has 2 atom stereocenters. The molecule has 0 bridgehead atoms. The minimum Gasteiger partial charge on any atom is -0.497 e. The molecule has 8 nitrogen and oxygen atoms in total. The van der Waals surface area contributed by atoms with E-state index in [1.807, 2.05) is 6.07 Å². The van der Waals surface area contributed by atoms with Gasteiger partial charge in [-0.1, -0.05) is 30.3 Å². The lowest BCUT2D eigenvalue weighted by Crippen LogP contribution is -2.47. The summed E-state index contributed by atoms with van der Waals surface area (Å²) < 4.78 is 21.0. The van der Waals surface area contributed by atoms with Crippen molar-refractivity contribution in [2.75, 3.05) is 41.0 Å². The first-order valence-electron chi connectivity index (χ1n) is 16.9. The van der Waals surface area contributed by atoms with Gasteiger partial charge in [-0.2, -0.15) is 0 Å². The van der Waals surface area contributed by atoms with E-state index in [0.29, 0.717) is 25.7 Å². The van der Waals surface area contributed by atoms with E-state index in [-0.39, 0.29) is 17.7 Å². The van der Waals surface area contributed by atoms with Gasteiger partial charge in [-0.25, -0.2) is 0 Å². The fourth-order valence-corrected chi connectivity index (χ4v) is 7.54. The van der Waals surface area contributed by atoms with Crippen molar-refractivity contribution < 1.29 is 19.0 Å². The number of rotatable bonds is 13. The van der Waals surface area contributed by atoms with Crippen molar-refractivity contribution in [2.45, 2.75) is 57.3 Å². The lowest BCUT2D eigenvalue weighted by Gasteiger charge is -2.36. The van der Waals surface area contributed by atoms with Crippen LogP contribution in [0.2, 0.25) is 0 Å². The molecule has 1 saturated heterocycles. The molecule has 1 amide bonds. The van der Waals surface area contributed by atoms with Gasteiger partial charge < -0.3 is 33.6 Å². The summed E-state index contributed by atoms with van der Waals surface area (Å²) in [5.74, 6) is 1.88. The van der Waals surface area contributed by atoms with Gasteiger partial charge >= 0.3 is 0 Å². The Morgan fingerprint density at radius 1 is 0.894 bits per heavy atom. The number of fused-ring (bicyclic) bond motifs is 2. The monoisotopic (exact) mass is 634 g/mol. The van der Waals surface area contributed by atoms with Crippen molar-refractivity contribution >= 4 is 27.7 Å². The van der Waals surface area contributed by atoms with Crippen LogP contribution in [0.15, 0.2) is 79.1 Å². The largest absolute Gasteiger partial charge is 0.497 e. The van der Waals surface area contributed by atoms with Crippen molar-refractivity contribution in [1.82, 2.24) is 19.4 Å². The first-order valence-corrected chi connectivity index (χ1v) is 16.9. The van der Waals surface area contributed by atoms with Crippen LogP contribution in [0.5, 0.6) is 11.5 Å². The zero-order valence-corrected chi connectivity index (χ0v) is 27.8. The van der Waals surface area contributed by atoms with Crippen LogP contribution in [0.1, 0.15) is 48.3 Å².